The highest BCUT2D eigenvalue weighted by Gasteiger charge is 2.19. The predicted molar refractivity (Wildman–Crippen MR) is 81.9 cm³/mol. The Hall–Kier alpha value is -2.22. The molecule has 0 radical (unpaired) electrons. The molecule has 0 aliphatic carbocycles. The summed E-state index contributed by atoms with van der Waals surface area (Å²) >= 11 is 1.10. The van der Waals surface area contributed by atoms with Crippen LogP contribution in [0.3, 0.4) is 0 Å². The van der Waals surface area contributed by atoms with Crippen LogP contribution in [0.5, 0.6) is 0 Å². The molecule has 0 fully saturated rings. The van der Waals surface area contributed by atoms with Gasteiger partial charge in [0.1, 0.15) is 9.88 Å². The fraction of sp³-hybridized carbons (Fsp3) is 0.429. The summed E-state index contributed by atoms with van der Waals surface area (Å²) in [6.07, 6.45) is 2.65. The van der Waals surface area contributed by atoms with Gasteiger partial charge in [-0.3, -0.25) is 9.48 Å². The number of aromatic carboxylic acids is 1. The van der Waals surface area contributed by atoms with Crippen molar-refractivity contribution in [1.29, 1.82) is 0 Å². The molecule has 8 heteroatoms. The number of hydrogen-bond donors (Lipinski definition) is 2. The number of thiazole rings is 1. The van der Waals surface area contributed by atoms with Gasteiger partial charge in [-0.2, -0.15) is 5.10 Å². The van der Waals surface area contributed by atoms with E-state index >= 15 is 0 Å². The van der Waals surface area contributed by atoms with E-state index < -0.39 is 5.97 Å². The zero-order chi connectivity index (χ0) is 16.3. The molecule has 0 spiro atoms. The lowest BCUT2D eigenvalue weighted by molar-refractivity contribution is -0.121. The van der Waals surface area contributed by atoms with Crippen LogP contribution in [-0.2, 0) is 18.3 Å². The van der Waals surface area contributed by atoms with Gasteiger partial charge in [0.25, 0.3) is 0 Å². The Kier molecular flexibility index (Phi) is 4.92. The van der Waals surface area contributed by atoms with Gasteiger partial charge in [-0.25, -0.2) is 9.78 Å². The first-order valence-corrected chi connectivity index (χ1v) is 7.67. The normalized spacial score (nSPS) is 12.1. The average molecular weight is 322 g/mol. The van der Waals surface area contributed by atoms with Crippen molar-refractivity contribution < 1.29 is 14.7 Å². The van der Waals surface area contributed by atoms with E-state index in [2.05, 4.69) is 15.4 Å². The quantitative estimate of drug-likeness (QED) is 0.843. The van der Waals surface area contributed by atoms with Crippen LogP contribution in [0.2, 0.25) is 0 Å². The molecule has 2 aromatic rings. The number of carboxylic acids is 1. The highest BCUT2D eigenvalue weighted by molar-refractivity contribution is 7.13. The van der Waals surface area contributed by atoms with E-state index in [4.69, 9.17) is 5.11 Å². The molecule has 0 aromatic carbocycles. The lowest BCUT2D eigenvalue weighted by atomic mass is 10.2. The molecule has 1 atom stereocenters. The number of aromatic nitrogens is 3. The monoisotopic (exact) mass is 322 g/mol. The second-order valence-electron chi connectivity index (χ2n) is 5.01. The van der Waals surface area contributed by atoms with E-state index in [0.717, 1.165) is 17.0 Å². The van der Waals surface area contributed by atoms with Crippen molar-refractivity contribution in [2.24, 2.45) is 7.05 Å². The number of carbonyl (C=O) groups excluding carboxylic acids is 1. The first-order valence-electron chi connectivity index (χ1n) is 6.85. The minimum Gasteiger partial charge on any atom is -0.477 e. The van der Waals surface area contributed by atoms with E-state index in [1.54, 1.807) is 24.7 Å². The number of nitrogens with one attached hydrogen (secondary N) is 1. The van der Waals surface area contributed by atoms with Gasteiger partial charge in [-0.15, -0.1) is 11.3 Å². The van der Waals surface area contributed by atoms with E-state index in [1.807, 2.05) is 13.1 Å². The zero-order valence-corrected chi connectivity index (χ0v) is 13.5. The van der Waals surface area contributed by atoms with E-state index in [1.165, 1.54) is 0 Å². The molecule has 2 heterocycles. The summed E-state index contributed by atoms with van der Waals surface area (Å²) < 4.78 is 1.74. The number of amides is 1. The van der Waals surface area contributed by atoms with Crippen molar-refractivity contribution in [1.82, 2.24) is 20.1 Å². The fourth-order valence-electron chi connectivity index (χ4n) is 2.06. The lowest BCUT2D eigenvalue weighted by Crippen LogP contribution is -2.27. The van der Waals surface area contributed by atoms with E-state index in [0.29, 0.717) is 23.5 Å². The summed E-state index contributed by atoms with van der Waals surface area (Å²) in [7, 11) is 1.83. The molecule has 2 N–H and O–H groups in total. The minimum atomic E-state index is -0.990. The van der Waals surface area contributed by atoms with Gasteiger partial charge in [0.15, 0.2) is 0 Å². The van der Waals surface area contributed by atoms with Crippen molar-refractivity contribution in [2.45, 2.75) is 32.7 Å². The molecule has 0 saturated carbocycles. The fourth-order valence-corrected chi connectivity index (χ4v) is 2.97. The van der Waals surface area contributed by atoms with Crippen LogP contribution in [0.1, 0.15) is 45.5 Å². The second kappa shape index (κ2) is 6.69. The Balaban J connectivity index is 1.92. The summed E-state index contributed by atoms with van der Waals surface area (Å²) in [6.45, 7) is 3.45. The van der Waals surface area contributed by atoms with Crippen LogP contribution in [0.15, 0.2) is 12.3 Å². The Labute approximate surface area is 132 Å². The maximum atomic E-state index is 12.0. The molecule has 0 bridgehead atoms. The Morgan fingerprint density at radius 3 is 2.77 bits per heavy atom. The van der Waals surface area contributed by atoms with Crippen LogP contribution in [0, 0.1) is 6.92 Å². The van der Waals surface area contributed by atoms with Gasteiger partial charge in [-0.05, 0) is 26.3 Å². The second-order valence-corrected chi connectivity index (χ2v) is 6.04. The first kappa shape index (κ1) is 16.2. The molecule has 7 nitrogen and oxygen atoms in total. The van der Waals surface area contributed by atoms with Crippen molar-refractivity contribution in [2.75, 3.05) is 0 Å². The number of hydrogen-bond acceptors (Lipinski definition) is 5. The number of carboxylic acid groups (broad SMARTS) is 1. The van der Waals surface area contributed by atoms with Crippen LogP contribution in [0.4, 0.5) is 0 Å². The van der Waals surface area contributed by atoms with E-state index in [-0.39, 0.29) is 16.8 Å². The standard InChI is InChI=1S/C14H18N4O3S/c1-8-12(14(20)21)22-13(17-8)9(2)16-11(19)5-4-10-6-7-15-18(10)3/h6-7,9H,4-5H2,1-3H3,(H,16,19)(H,20,21). The van der Waals surface area contributed by atoms with Gasteiger partial charge in [0.05, 0.1) is 11.7 Å². The summed E-state index contributed by atoms with van der Waals surface area (Å²) in [4.78, 5) is 27.4. The van der Waals surface area contributed by atoms with Gasteiger partial charge in [0, 0.05) is 25.4 Å². The van der Waals surface area contributed by atoms with Crippen molar-refractivity contribution in [3.05, 3.63) is 33.5 Å². The molecular weight excluding hydrogens is 304 g/mol. The number of nitrogens with zero attached hydrogens (tertiary/aromatic N) is 3. The van der Waals surface area contributed by atoms with E-state index in [9.17, 15) is 9.59 Å². The maximum absolute atomic E-state index is 12.0. The topological polar surface area (TPSA) is 97.1 Å². The summed E-state index contributed by atoms with van der Waals surface area (Å²) in [5, 5.41) is 16.5. The van der Waals surface area contributed by atoms with Crippen LogP contribution in [-0.4, -0.2) is 31.7 Å². The average Bonchev–Trinajstić information content (AvgIpc) is 3.02. The van der Waals surface area contributed by atoms with Crippen molar-refractivity contribution >= 4 is 23.2 Å². The summed E-state index contributed by atoms with van der Waals surface area (Å²) in [5.74, 6) is -1.09. The number of carbonyl (C=O) groups is 2. The third kappa shape index (κ3) is 3.70. The summed E-state index contributed by atoms with van der Waals surface area (Å²) in [5.41, 5.74) is 1.46. The number of rotatable bonds is 6. The molecule has 118 valence electrons. The van der Waals surface area contributed by atoms with Crippen molar-refractivity contribution in [3.63, 3.8) is 0 Å². The van der Waals surface area contributed by atoms with Gasteiger partial charge < -0.3 is 10.4 Å². The molecule has 2 aromatic heterocycles. The van der Waals surface area contributed by atoms with Gasteiger partial charge in [-0.1, -0.05) is 0 Å². The van der Waals surface area contributed by atoms with Crippen LogP contribution < -0.4 is 5.32 Å². The van der Waals surface area contributed by atoms with Gasteiger partial charge >= 0.3 is 5.97 Å². The largest absolute Gasteiger partial charge is 0.477 e. The molecule has 22 heavy (non-hydrogen) atoms. The zero-order valence-electron chi connectivity index (χ0n) is 12.7. The Morgan fingerprint density at radius 1 is 1.50 bits per heavy atom. The molecule has 0 aliphatic rings. The maximum Gasteiger partial charge on any atom is 0.347 e. The lowest BCUT2D eigenvalue weighted by Gasteiger charge is -2.11. The molecular formula is C14H18N4O3S. The smallest absolute Gasteiger partial charge is 0.347 e. The van der Waals surface area contributed by atoms with Crippen LogP contribution in [0.25, 0.3) is 0 Å². The molecule has 1 amide bonds. The summed E-state index contributed by atoms with van der Waals surface area (Å²) in [6, 6.07) is 1.57. The van der Waals surface area contributed by atoms with Gasteiger partial charge in [0.2, 0.25) is 5.91 Å². The molecule has 1 unspecified atom stereocenters. The highest BCUT2D eigenvalue weighted by atomic mass is 32.1. The number of aryl methyl sites for hydroxylation is 3. The molecule has 2 rings (SSSR count). The molecule has 0 aliphatic heterocycles. The first-order chi connectivity index (χ1) is 10.4. The Bertz CT molecular complexity index is 692. The highest BCUT2D eigenvalue weighted by Crippen LogP contribution is 2.23. The third-order valence-corrected chi connectivity index (χ3v) is 4.61. The third-order valence-electron chi connectivity index (χ3n) is 3.29. The predicted octanol–water partition coefficient (Wildman–Crippen LogP) is 1.69. The molecule has 0 saturated heterocycles. The van der Waals surface area contributed by atoms with Crippen molar-refractivity contribution in [3.8, 4) is 0 Å². The van der Waals surface area contributed by atoms with Crippen LogP contribution >= 0.6 is 11.3 Å². The SMILES string of the molecule is Cc1nc(C(C)NC(=O)CCc2ccnn2C)sc1C(=O)O. The Morgan fingerprint density at radius 2 is 2.23 bits per heavy atom. The minimum absolute atomic E-state index is 0.0987.